The number of methoxy groups -OCH3 is 3. The van der Waals surface area contributed by atoms with Crippen molar-refractivity contribution in [3.63, 3.8) is 0 Å². The molecule has 0 aliphatic heterocycles. The molecule has 1 amide bonds. The van der Waals surface area contributed by atoms with E-state index in [1.54, 1.807) is 33.5 Å². The van der Waals surface area contributed by atoms with Crippen LogP contribution in [-0.4, -0.2) is 31.8 Å². The molecule has 0 bridgehead atoms. The lowest BCUT2D eigenvalue weighted by Gasteiger charge is -2.14. The number of benzene rings is 2. The van der Waals surface area contributed by atoms with Gasteiger partial charge in [-0.15, -0.1) is 11.3 Å². The quantitative estimate of drug-likeness (QED) is 0.675. The van der Waals surface area contributed by atoms with Crippen LogP contribution in [0.15, 0.2) is 52.8 Å². The number of thiazole rings is 1. The van der Waals surface area contributed by atoms with E-state index in [0.29, 0.717) is 27.6 Å². The van der Waals surface area contributed by atoms with Crippen LogP contribution in [0, 0.1) is 0 Å². The van der Waals surface area contributed by atoms with E-state index in [1.807, 2.05) is 47.3 Å². The molecule has 0 spiro atoms. The molecule has 1 aromatic heterocycles. The van der Waals surface area contributed by atoms with Gasteiger partial charge in [0.1, 0.15) is 0 Å². The number of aromatic nitrogens is 1. The summed E-state index contributed by atoms with van der Waals surface area (Å²) in [5, 5.41) is 1.94. The van der Waals surface area contributed by atoms with E-state index >= 15 is 0 Å². The lowest BCUT2D eigenvalue weighted by molar-refractivity contribution is 0.0998. The minimum absolute atomic E-state index is 0.274. The molecule has 0 saturated carbocycles. The molecule has 3 rings (SSSR count). The minimum atomic E-state index is -0.274. The van der Waals surface area contributed by atoms with Crippen molar-refractivity contribution >= 4 is 17.2 Å². The Balaban J connectivity index is 2.05. The van der Waals surface area contributed by atoms with Gasteiger partial charge in [-0.1, -0.05) is 18.2 Å². The molecule has 140 valence electrons. The van der Waals surface area contributed by atoms with Crippen molar-refractivity contribution in [2.75, 3.05) is 21.3 Å². The number of hydrogen-bond acceptors (Lipinski definition) is 5. The highest BCUT2D eigenvalue weighted by atomic mass is 32.1. The number of ether oxygens (including phenoxy) is 3. The zero-order valence-electron chi connectivity index (χ0n) is 15.6. The van der Waals surface area contributed by atoms with Crippen molar-refractivity contribution in [2.24, 2.45) is 12.0 Å². The summed E-state index contributed by atoms with van der Waals surface area (Å²) in [6.07, 6.45) is 0. The number of nitrogens with zero attached hydrogens (tertiary/aromatic N) is 2. The number of carbonyl (C=O) groups is 1. The SMILES string of the molecule is COc1cc(-c2cs/c(=N/C(=O)c3ccccc3)n2C)cc(OC)c1OC. The molecule has 0 radical (unpaired) electrons. The minimum Gasteiger partial charge on any atom is -0.493 e. The molecule has 1 heterocycles. The van der Waals surface area contributed by atoms with Crippen LogP contribution in [0.2, 0.25) is 0 Å². The zero-order chi connectivity index (χ0) is 19.4. The maximum atomic E-state index is 12.4. The Bertz CT molecular complexity index is 997. The van der Waals surface area contributed by atoms with Gasteiger partial charge in [0.25, 0.3) is 5.91 Å². The van der Waals surface area contributed by atoms with Gasteiger partial charge in [0.2, 0.25) is 5.75 Å². The predicted molar refractivity (Wildman–Crippen MR) is 105 cm³/mol. The molecule has 3 aromatic rings. The second kappa shape index (κ2) is 8.09. The summed E-state index contributed by atoms with van der Waals surface area (Å²) in [5.74, 6) is 1.39. The van der Waals surface area contributed by atoms with E-state index in [0.717, 1.165) is 11.3 Å². The first-order valence-corrected chi connectivity index (χ1v) is 9.06. The summed E-state index contributed by atoms with van der Waals surface area (Å²) in [7, 11) is 6.59. The number of amides is 1. The summed E-state index contributed by atoms with van der Waals surface area (Å²) in [6, 6.07) is 12.7. The topological polar surface area (TPSA) is 62.0 Å². The van der Waals surface area contributed by atoms with E-state index in [9.17, 15) is 4.79 Å². The number of carbonyl (C=O) groups excluding carboxylic acids is 1. The van der Waals surface area contributed by atoms with Crippen molar-refractivity contribution < 1.29 is 19.0 Å². The third kappa shape index (κ3) is 3.73. The van der Waals surface area contributed by atoms with Crippen LogP contribution in [0.3, 0.4) is 0 Å². The number of hydrogen-bond donors (Lipinski definition) is 0. The number of rotatable bonds is 5. The normalized spacial score (nSPS) is 11.3. The van der Waals surface area contributed by atoms with Crippen LogP contribution in [-0.2, 0) is 7.05 Å². The van der Waals surface area contributed by atoms with E-state index < -0.39 is 0 Å². The summed E-state index contributed by atoms with van der Waals surface area (Å²) >= 11 is 1.39. The van der Waals surface area contributed by atoms with Crippen LogP contribution in [0.1, 0.15) is 10.4 Å². The Hall–Kier alpha value is -3.06. The van der Waals surface area contributed by atoms with Gasteiger partial charge in [-0.05, 0) is 24.3 Å². The molecule has 27 heavy (non-hydrogen) atoms. The van der Waals surface area contributed by atoms with Crippen molar-refractivity contribution in [3.05, 3.63) is 58.2 Å². The van der Waals surface area contributed by atoms with Crippen LogP contribution >= 0.6 is 11.3 Å². The average molecular weight is 384 g/mol. The molecule has 7 heteroatoms. The molecular weight excluding hydrogens is 364 g/mol. The Morgan fingerprint density at radius 2 is 1.63 bits per heavy atom. The van der Waals surface area contributed by atoms with Gasteiger partial charge >= 0.3 is 0 Å². The van der Waals surface area contributed by atoms with E-state index in [2.05, 4.69) is 4.99 Å². The summed E-state index contributed by atoms with van der Waals surface area (Å²) in [6.45, 7) is 0. The highest BCUT2D eigenvalue weighted by molar-refractivity contribution is 7.07. The standard InChI is InChI=1S/C20H20N2O4S/c1-22-15(14-10-16(24-2)18(26-4)17(11-14)25-3)12-27-20(22)21-19(23)13-8-6-5-7-9-13/h5-12H,1-4H3/b21-20+. The van der Waals surface area contributed by atoms with Gasteiger partial charge in [0.05, 0.1) is 27.0 Å². The molecule has 6 nitrogen and oxygen atoms in total. The van der Waals surface area contributed by atoms with Gasteiger partial charge in [0.15, 0.2) is 16.3 Å². The van der Waals surface area contributed by atoms with Crippen LogP contribution in [0.5, 0.6) is 17.2 Å². The van der Waals surface area contributed by atoms with Crippen molar-refractivity contribution in [1.82, 2.24) is 4.57 Å². The van der Waals surface area contributed by atoms with Gasteiger partial charge in [-0.25, -0.2) is 0 Å². The molecule has 0 aliphatic carbocycles. The first-order chi connectivity index (χ1) is 13.1. The Labute approximate surface area is 161 Å². The fourth-order valence-corrected chi connectivity index (χ4v) is 3.60. The van der Waals surface area contributed by atoms with Crippen molar-refractivity contribution in [3.8, 4) is 28.5 Å². The molecule has 0 saturated heterocycles. The monoisotopic (exact) mass is 384 g/mol. The second-order valence-electron chi connectivity index (χ2n) is 5.66. The first kappa shape index (κ1) is 18.7. The van der Waals surface area contributed by atoms with Crippen LogP contribution < -0.4 is 19.0 Å². The molecule has 0 atom stereocenters. The Kier molecular flexibility index (Phi) is 5.61. The lowest BCUT2D eigenvalue weighted by atomic mass is 10.1. The van der Waals surface area contributed by atoms with Gasteiger partial charge in [-0.3, -0.25) is 4.79 Å². The largest absolute Gasteiger partial charge is 0.493 e. The van der Waals surface area contributed by atoms with Crippen molar-refractivity contribution in [2.45, 2.75) is 0 Å². The molecule has 2 aromatic carbocycles. The zero-order valence-corrected chi connectivity index (χ0v) is 16.4. The maximum absolute atomic E-state index is 12.4. The highest BCUT2D eigenvalue weighted by Gasteiger charge is 2.16. The average Bonchev–Trinajstić information content (AvgIpc) is 3.07. The van der Waals surface area contributed by atoms with E-state index in [-0.39, 0.29) is 5.91 Å². The third-order valence-electron chi connectivity index (χ3n) is 4.10. The fraction of sp³-hybridized carbons (Fsp3) is 0.200. The fourth-order valence-electron chi connectivity index (χ4n) is 2.69. The second-order valence-corrected chi connectivity index (χ2v) is 6.50. The molecule has 0 fully saturated rings. The van der Waals surface area contributed by atoms with Crippen LogP contribution in [0.25, 0.3) is 11.3 Å². The van der Waals surface area contributed by atoms with Crippen LogP contribution in [0.4, 0.5) is 0 Å². The summed E-state index contributed by atoms with van der Waals surface area (Å²) in [4.78, 5) is 17.2. The van der Waals surface area contributed by atoms with Gasteiger partial charge in [-0.2, -0.15) is 4.99 Å². The Morgan fingerprint density at radius 3 is 2.19 bits per heavy atom. The smallest absolute Gasteiger partial charge is 0.279 e. The van der Waals surface area contributed by atoms with E-state index in [1.165, 1.54) is 11.3 Å². The third-order valence-corrected chi connectivity index (χ3v) is 5.02. The summed E-state index contributed by atoms with van der Waals surface area (Å²) < 4.78 is 18.1. The maximum Gasteiger partial charge on any atom is 0.279 e. The predicted octanol–water partition coefficient (Wildman–Crippen LogP) is 3.52. The highest BCUT2D eigenvalue weighted by Crippen LogP contribution is 2.41. The molecule has 0 N–H and O–H groups in total. The lowest BCUT2D eigenvalue weighted by Crippen LogP contribution is -2.14. The summed E-state index contributed by atoms with van der Waals surface area (Å²) in [5.41, 5.74) is 2.32. The first-order valence-electron chi connectivity index (χ1n) is 8.18. The van der Waals surface area contributed by atoms with E-state index in [4.69, 9.17) is 14.2 Å². The van der Waals surface area contributed by atoms with Gasteiger partial charge < -0.3 is 18.8 Å². The van der Waals surface area contributed by atoms with Gasteiger partial charge in [0, 0.05) is 23.6 Å². The molecule has 0 aliphatic rings. The Morgan fingerprint density at radius 1 is 1.00 bits per heavy atom. The van der Waals surface area contributed by atoms with Crippen molar-refractivity contribution in [1.29, 1.82) is 0 Å². The molecular formula is C20H20N2O4S. The molecule has 0 unspecified atom stereocenters.